The zero-order chi connectivity index (χ0) is 15.6. The number of aryl methyl sites for hydroxylation is 3. The summed E-state index contributed by atoms with van der Waals surface area (Å²) in [5, 5.41) is 7.33. The van der Waals surface area contributed by atoms with E-state index in [9.17, 15) is 4.79 Å². The lowest BCUT2D eigenvalue weighted by atomic mass is 10.1. The zero-order valence-corrected chi connectivity index (χ0v) is 13.0. The Morgan fingerprint density at radius 1 is 1.33 bits per heavy atom. The number of nitrogen functional groups attached to an aromatic ring is 1. The van der Waals surface area contributed by atoms with Crippen LogP contribution in [0.4, 0.5) is 5.69 Å². The standard InChI is InChI=1S/C16H22N4O/c1-10-5-6-13(17)9-15(10)16(21)18-8-7-14-11(2)19-20(4)12(14)3/h5-6,9H,7-8,17H2,1-4H3,(H,18,21). The van der Waals surface area contributed by atoms with Crippen LogP contribution in [0.1, 0.15) is 32.9 Å². The number of rotatable bonds is 4. The van der Waals surface area contributed by atoms with Gasteiger partial charge in [-0.15, -0.1) is 0 Å². The molecule has 1 heterocycles. The van der Waals surface area contributed by atoms with Gasteiger partial charge in [-0.25, -0.2) is 0 Å². The summed E-state index contributed by atoms with van der Waals surface area (Å²) >= 11 is 0. The van der Waals surface area contributed by atoms with Crippen LogP contribution in [0.5, 0.6) is 0 Å². The van der Waals surface area contributed by atoms with Crippen molar-refractivity contribution in [3.05, 3.63) is 46.3 Å². The van der Waals surface area contributed by atoms with Crippen molar-refractivity contribution in [3.63, 3.8) is 0 Å². The summed E-state index contributed by atoms with van der Waals surface area (Å²) in [6.07, 6.45) is 0.776. The minimum absolute atomic E-state index is 0.0843. The Bertz CT molecular complexity index is 673. The molecule has 0 aliphatic rings. The Kier molecular flexibility index (Phi) is 4.31. The van der Waals surface area contributed by atoms with E-state index in [-0.39, 0.29) is 5.91 Å². The Labute approximate surface area is 125 Å². The van der Waals surface area contributed by atoms with Crippen molar-refractivity contribution in [2.75, 3.05) is 12.3 Å². The van der Waals surface area contributed by atoms with Gasteiger partial charge in [0.1, 0.15) is 0 Å². The molecule has 3 N–H and O–H groups in total. The van der Waals surface area contributed by atoms with Crippen molar-refractivity contribution in [3.8, 4) is 0 Å². The van der Waals surface area contributed by atoms with Crippen LogP contribution in [0, 0.1) is 20.8 Å². The van der Waals surface area contributed by atoms with E-state index in [1.165, 1.54) is 5.56 Å². The number of amides is 1. The van der Waals surface area contributed by atoms with Gasteiger partial charge in [0.25, 0.3) is 5.91 Å². The molecule has 0 aliphatic carbocycles. The quantitative estimate of drug-likeness (QED) is 0.843. The summed E-state index contributed by atoms with van der Waals surface area (Å²) in [6, 6.07) is 5.37. The molecule has 0 aliphatic heterocycles. The van der Waals surface area contributed by atoms with Crippen LogP contribution in [0.3, 0.4) is 0 Å². The molecule has 21 heavy (non-hydrogen) atoms. The maximum atomic E-state index is 12.2. The fraction of sp³-hybridized carbons (Fsp3) is 0.375. The summed E-state index contributed by atoms with van der Waals surface area (Å²) in [5.74, 6) is -0.0843. The second-order valence-corrected chi connectivity index (χ2v) is 5.35. The topological polar surface area (TPSA) is 72.9 Å². The number of carbonyl (C=O) groups excluding carboxylic acids is 1. The molecule has 1 amide bonds. The second kappa shape index (κ2) is 5.99. The largest absolute Gasteiger partial charge is 0.399 e. The highest BCUT2D eigenvalue weighted by atomic mass is 16.1. The molecule has 1 aromatic heterocycles. The van der Waals surface area contributed by atoms with Crippen molar-refractivity contribution in [2.24, 2.45) is 7.05 Å². The third kappa shape index (κ3) is 3.24. The van der Waals surface area contributed by atoms with E-state index >= 15 is 0 Å². The third-order valence-corrected chi connectivity index (χ3v) is 3.83. The summed E-state index contributed by atoms with van der Waals surface area (Å²) in [5.41, 5.74) is 11.3. The van der Waals surface area contributed by atoms with Gasteiger partial charge in [0.05, 0.1) is 5.69 Å². The van der Waals surface area contributed by atoms with Gasteiger partial charge in [-0.3, -0.25) is 9.48 Å². The number of nitrogens with zero attached hydrogens (tertiary/aromatic N) is 2. The molecule has 0 saturated carbocycles. The summed E-state index contributed by atoms with van der Waals surface area (Å²) in [7, 11) is 1.93. The first kappa shape index (κ1) is 15.1. The van der Waals surface area contributed by atoms with Crippen molar-refractivity contribution in [2.45, 2.75) is 27.2 Å². The fourth-order valence-corrected chi connectivity index (χ4v) is 2.46. The van der Waals surface area contributed by atoms with E-state index in [0.717, 1.165) is 23.4 Å². The Balaban J connectivity index is 2.00. The first-order valence-electron chi connectivity index (χ1n) is 7.03. The maximum absolute atomic E-state index is 12.2. The van der Waals surface area contributed by atoms with Crippen molar-refractivity contribution in [1.82, 2.24) is 15.1 Å². The number of hydrogen-bond acceptors (Lipinski definition) is 3. The first-order valence-corrected chi connectivity index (χ1v) is 7.03. The van der Waals surface area contributed by atoms with Crippen molar-refractivity contribution >= 4 is 11.6 Å². The number of carbonyl (C=O) groups is 1. The van der Waals surface area contributed by atoms with Crippen LogP contribution < -0.4 is 11.1 Å². The molecule has 5 nitrogen and oxygen atoms in total. The molecule has 0 radical (unpaired) electrons. The van der Waals surface area contributed by atoms with E-state index in [1.54, 1.807) is 12.1 Å². The Morgan fingerprint density at radius 3 is 2.67 bits per heavy atom. The molecule has 1 aromatic carbocycles. The third-order valence-electron chi connectivity index (χ3n) is 3.83. The summed E-state index contributed by atoms with van der Waals surface area (Å²) in [6.45, 7) is 6.52. The van der Waals surface area contributed by atoms with Crippen molar-refractivity contribution < 1.29 is 4.79 Å². The maximum Gasteiger partial charge on any atom is 0.251 e. The highest BCUT2D eigenvalue weighted by molar-refractivity contribution is 5.96. The average molecular weight is 286 g/mol. The Hall–Kier alpha value is -2.30. The van der Waals surface area contributed by atoms with Gasteiger partial charge in [-0.05, 0) is 50.5 Å². The van der Waals surface area contributed by atoms with Crippen LogP contribution in [-0.4, -0.2) is 22.2 Å². The number of aromatic nitrogens is 2. The molecule has 5 heteroatoms. The van der Waals surface area contributed by atoms with E-state index in [0.29, 0.717) is 17.8 Å². The average Bonchev–Trinajstić information content (AvgIpc) is 2.67. The molecule has 0 bridgehead atoms. The van der Waals surface area contributed by atoms with Gasteiger partial charge in [0.2, 0.25) is 0 Å². The number of nitrogens with one attached hydrogen (secondary N) is 1. The molecule has 0 spiro atoms. The van der Waals surface area contributed by atoms with Gasteiger partial charge in [-0.2, -0.15) is 5.10 Å². The lowest BCUT2D eigenvalue weighted by Gasteiger charge is -2.09. The predicted molar refractivity (Wildman–Crippen MR) is 84.3 cm³/mol. The minimum atomic E-state index is -0.0843. The van der Waals surface area contributed by atoms with Gasteiger partial charge in [-0.1, -0.05) is 6.07 Å². The molecular formula is C16H22N4O. The number of hydrogen-bond donors (Lipinski definition) is 2. The van der Waals surface area contributed by atoms with Gasteiger partial charge < -0.3 is 11.1 Å². The minimum Gasteiger partial charge on any atom is -0.399 e. The van der Waals surface area contributed by atoms with Crippen LogP contribution in [0.25, 0.3) is 0 Å². The predicted octanol–water partition coefficient (Wildman–Crippen LogP) is 1.90. The smallest absolute Gasteiger partial charge is 0.251 e. The monoisotopic (exact) mass is 286 g/mol. The molecule has 0 fully saturated rings. The van der Waals surface area contributed by atoms with Crippen LogP contribution in [0.2, 0.25) is 0 Å². The molecule has 2 aromatic rings. The van der Waals surface area contributed by atoms with Crippen LogP contribution >= 0.6 is 0 Å². The first-order chi connectivity index (χ1) is 9.90. The van der Waals surface area contributed by atoms with Gasteiger partial charge in [0, 0.05) is 30.5 Å². The molecular weight excluding hydrogens is 264 g/mol. The number of anilines is 1. The Morgan fingerprint density at radius 2 is 2.05 bits per heavy atom. The lowest BCUT2D eigenvalue weighted by Crippen LogP contribution is -2.26. The van der Waals surface area contributed by atoms with E-state index in [2.05, 4.69) is 10.4 Å². The van der Waals surface area contributed by atoms with Gasteiger partial charge in [0.15, 0.2) is 0 Å². The van der Waals surface area contributed by atoms with Crippen LogP contribution in [-0.2, 0) is 13.5 Å². The van der Waals surface area contributed by atoms with E-state index in [1.807, 2.05) is 38.6 Å². The van der Waals surface area contributed by atoms with Crippen LogP contribution in [0.15, 0.2) is 18.2 Å². The number of benzene rings is 1. The summed E-state index contributed by atoms with van der Waals surface area (Å²) in [4.78, 5) is 12.2. The second-order valence-electron chi connectivity index (χ2n) is 5.35. The highest BCUT2D eigenvalue weighted by Gasteiger charge is 2.11. The zero-order valence-electron chi connectivity index (χ0n) is 13.0. The van der Waals surface area contributed by atoms with E-state index in [4.69, 9.17) is 5.73 Å². The molecule has 0 saturated heterocycles. The van der Waals surface area contributed by atoms with Crippen molar-refractivity contribution in [1.29, 1.82) is 0 Å². The van der Waals surface area contributed by atoms with E-state index < -0.39 is 0 Å². The lowest BCUT2D eigenvalue weighted by molar-refractivity contribution is 0.0953. The molecule has 2 rings (SSSR count). The summed E-state index contributed by atoms with van der Waals surface area (Å²) < 4.78 is 1.87. The highest BCUT2D eigenvalue weighted by Crippen LogP contribution is 2.14. The molecule has 0 unspecified atom stereocenters. The SMILES string of the molecule is Cc1ccc(N)cc1C(=O)NCCc1c(C)nn(C)c1C. The molecule has 112 valence electrons. The number of nitrogens with two attached hydrogens (primary N) is 1. The normalized spacial score (nSPS) is 10.7. The fourth-order valence-electron chi connectivity index (χ4n) is 2.46. The van der Waals surface area contributed by atoms with Gasteiger partial charge >= 0.3 is 0 Å². The molecule has 0 atom stereocenters.